The molecule has 2 aliphatic rings. The Bertz CT molecular complexity index is 577. The van der Waals surface area contributed by atoms with E-state index in [2.05, 4.69) is 31.0 Å². The van der Waals surface area contributed by atoms with E-state index in [1.165, 1.54) is 24.0 Å². The molecule has 112 valence electrons. The lowest BCUT2D eigenvalue weighted by molar-refractivity contribution is 0.189. The van der Waals surface area contributed by atoms with Crippen LogP contribution >= 0.6 is 0 Å². The first-order valence-electron chi connectivity index (χ1n) is 8.03. The monoisotopic (exact) mass is 285 g/mol. The molecule has 0 radical (unpaired) electrons. The number of aryl methyl sites for hydroxylation is 1. The molecule has 3 heteroatoms. The lowest BCUT2D eigenvalue weighted by Crippen LogP contribution is -2.33. The third-order valence-corrected chi connectivity index (χ3v) is 5.21. The van der Waals surface area contributed by atoms with Crippen LogP contribution in [0.1, 0.15) is 61.6 Å². The second-order valence-corrected chi connectivity index (χ2v) is 6.50. The predicted octanol–water partition coefficient (Wildman–Crippen LogP) is 4.34. The van der Waals surface area contributed by atoms with Crippen molar-refractivity contribution in [3.8, 4) is 5.75 Å². The van der Waals surface area contributed by atoms with Crippen LogP contribution in [0.3, 0.4) is 0 Å². The Balaban J connectivity index is 2.02. The van der Waals surface area contributed by atoms with Crippen molar-refractivity contribution in [2.75, 3.05) is 0 Å². The van der Waals surface area contributed by atoms with Gasteiger partial charge in [0.15, 0.2) is 0 Å². The second kappa shape index (κ2) is 5.65. The minimum absolute atomic E-state index is 0.321. The Kier molecular flexibility index (Phi) is 3.86. The highest BCUT2D eigenvalue weighted by atomic mass is 16.5. The molecule has 0 heterocycles. The molecule has 2 fully saturated rings. The maximum Gasteiger partial charge on any atom is 0.235 e. The molecule has 0 spiro atoms. The molecule has 0 atom stereocenters. The molecule has 3 rings (SSSR count). The van der Waals surface area contributed by atoms with Crippen molar-refractivity contribution >= 4 is 6.08 Å². The normalized spacial score (nSPS) is 20.7. The average Bonchev–Trinajstić information content (AvgIpc) is 2.93. The molecule has 2 saturated carbocycles. The lowest BCUT2D eigenvalue weighted by atomic mass is 9.71. The van der Waals surface area contributed by atoms with Crippen molar-refractivity contribution in [3.05, 3.63) is 28.8 Å². The molecule has 0 bridgehead atoms. The van der Waals surface area contributed by atoms with Crippen LogP contribution in [0.15, 0.2) is 17.1 Å². The molecule has 0 N–H and O–H groups in total. The van der Waals surface area contributed by atoms with Gasteiger partial charge in [-0.05, 0) is 69.9 Å². The molecular formula is C18H23NO2. The number of rotatable bonds is 4. The fraction of sp³-hybridized carbons (Fsp3) is 0.611. The van der Waals surface area contributed by atoms with E-state index in [4.69, 9.17) is 4.74 Å². The van der Waals surface area contributed by atoms with Gasteiger partial charge in [-0.25, -0.2) is 4.79 Å². The highest BCUT2D eigenvalue weighted by molar-refractivity contribution is 5.51. The second-order valence-electron chi connectivity index (χ2n) is 6.50. The smallest absolute Gasteiger partial charge is 0.235 e. The number of benzene rings is 1. The first-order chi connectivity index (χ1) is 10.2. The minimum Gasteiger partial charge on any atom is -0.490 e. The van der Waals surface area contributed by atoms with E-state index in [0.717, 1.165) is 43.4 Å². The summed E-state index contributed by atoms with van der Waals surface area (Å²) in [6.45, 7) is 4.22. The predicted molar refractivity (Wildman–Crippen MR) is 82.5 cm³/mol. The van der Waals surface area contributed by atoms with Crippen LogP contribution in [0.4, 0.5) is 0 Å². The van der Waals surface area contributed by atoms with E-state index in [9.17, 15) is 4.79 Å². The zero-order valence-electron chi connectivity index (χ0n) is 12.9. The molecule has 2 aliphatic carbocycles. The number of carbonyl (C=O) groups excluding carboxylic acids is 1. The summed E-state index contributed by atoms with van der Waals surface area (Å²) in [5.74, 6) is 0.973. The maximum atomic E-state index is 10.9. The molecule has 0 amide bonds. The van der Waals surface area contributed by atoms with Gasteiger partial charge in [0.25, 0.3) is 0 Å². The zero-order valence-corrected chi connectivity index (χ0v) is 12.9. The lowest BCUT2D eigenvalue weighted by Gasteiger charge is -2.39. The summed E-state index contributed by atoms with van der Waals surface area (Å²) in [5, 5.41) is 0. The summed E-state index contributed by atoms with van der Waals surface area (Å²) in [7, 11) is 0. The van der Waals surface area contributed by atoms with Crippen molar-refractivity contribution in [2.24, 2.45) is 4.99 Å². The third-order valence-electron chi connectivity index (χ3n) is 5.21. The number of hydrogen-bond donors (Lipinski definition) is 0. The van der Waals surface area contributed by atoms with Gasteiger partial charge in [0, 0.05) is 5.56 Å². The van der Waals surface area contributed by atoms with Gasteiger partial charge in [0.2, 0.25) is 6.08 Å². The van der Waals surface area contributed by atoms with Gasteiger partial charge < -0.3 is 4.74 Å². The van der Waals surface area contributed by atoms with Crippen LogP contribution in [0.25, 0.3) is 0 Å². The molecule has 1 aromatic rings. The van der Waals surface area contributed by atoms with E-state index in [1.807, 2.05) is 0 Å². The largest absolute Gasteiger partial charge is 0.490 e. The van der Waals surface area contributed by atoms with Crippen molar-refractivity contribution in [1.29, 1.82) is 0 Å². The van der Waals surface area contributed by atoms with E-state index in [1.54, 1.807) is 6.08 Å². The SMILES string of the molecule is Cc1ccc(C2(N=C=O)CCC2)c(OC2CCCC2)c1C. The third kappa shape index (κ3) is 2.51. The van der Waals surface area contributed by atoms with Gasteiger partial charge in [-0.2, -0.15) is 4.99 Å². The van der Waals surface area contributed by atoms with E-state index in [0.29, 0.717) is 6.10 Å². The molecule has 0 aliphatic heterocycles. The molecule has 3 nitrogen and oxygen atoms in total. The maximum absolute atomic E-state index is 10.9. The van der Waals surface area contributed by atoms with Crippen molar-refractivity contribution in [3.63, 3.8) is 0 Å². The number of isocyanates is 1. The Morgan fingerprint density at radius 3 is 2.48 bits per heavy atom. The Labute approximate surface area is 126 Å². The van der Waals surface area contributed by atoms with Gasteiger partial charge in [-0.3, -0.25) is 0 Å². The van der Waals surface area contributed by atoms with Crippen molar-refractivity contribution < 1.29 is 9.53 Å². The fourth-order valence-corrected chi connectivity index (χ4v) is 3.52. The van der Waals surface area contributed by atoms with Crippen molar-refractivity contribution in [2.45, 2.75) is 70.4 Å². The van der Waals surface area contributed by atoms with Gasteiger partial charge in [0.05, 0.1) is 6.10 Å². The van der Waals surface area contributed by atoms with Crippen LogP contribution in [-0.4, -0.2) is 12.2 Å². The molecule has 1 aromatic carbocycles. The van der Waals surface area contributed by atoms with Crippen LogP contribution in [-0.2, 0) is 10.3 Å². The van der Waals surface area contributed by atoms with Gasteiger partial charge in [0.1, 0.15) is 11.3 Å². The molecule has 0 unspecified atom stereocenters. The first kappa shape index (κ1) is 14.3. The van der Waals surface area contributed by atoms with Crippen LogP contribution in [0, 0.1) is 13.8 Å². The Morgan fingerprint density at radius 1 is 1.19 bits per heavy atom. The van der Waals surface area contributed by atoms with E-state index < -0.39 is 0 Å². The van der Waals surface area contributed by atoms with Crippen LogP contribution < -0.4 is 4.74 Å². The standard InChI is InChI=1S/C18H23NO2/c1-13-8-9-16(18(19-12-20)10-5-11-18)17(14(13)2)21-15-6-3-4-7-15/h8-9,15H,3-7,10-11H2,1-2H3. The summed E-state index contributed by atoms with van der Waals surface area (Å²) < 4.78 is 6.36. The van der Waals surface area contributed by atoms with Crippen molar-refractivity contribution in [1.82, 2.24) is 0 Å². The van der Waals surface area contributed by atoms with Crippen LogP contribution in [0.2, 0.25) is 0 Å². The molecule has 0 aromatic heterocycles. The first-order valence-corrected chi connectivity index (χ1v) is 8.03. The summed E-state index contributed by atoms with van der Waals surface area (Å²) in [6, 6.07) is 4.22. The summed E-state index contributed by atoms with van der Waals surface area (Å²) in [5.41, 5.74) is 3.13. The fourth-order valence-electron chi connectivity index (χ4n) is 3.52. The number of nitrogens with zero attached hydrogens (tertiary/aromatic N) is 1. The van der Waals surface area contributed by atoms with Gasteiger partial charge in [-0.15, -0.1) is 0 Å². The number of hydrogen-bond acceptors (Lipinski definition) is 3. The number of ether oxygens (including phenoxy) is 1. The highest BCUT2D eigenvalue weighted by Gasteiger charge is 2.42. The zero-order chi connectivity index (χ0) is 14.9. The highest BCUT2D eigenvalue weighted by Crippen LogP contribution is 2.49. The summed E-state index contributed by atoms with van der Waals surface area (Å²) >= 11 is 0. The van der Waals surface area contributed by atoms with Crippen LogP contribution in [0.5, 0.6) is 5.75 Å². The van der Waals surface area contributed by atoms with Gasteiger partial charge in [-0.1, -0.05) is 12.1 Å². The quantitative estimate of drug-likeness (QED) is 0.609. The topological polar surface area (TPSA) is 38.7 Å². The minimum atomic E-state index is -0.381. The van der Waals surface area contributed by atoms with Gasteiger partial charge >= 0.3 is 0 Å². The Hall–Kier alpha value is -1.60. The number of aliphatic imine (C=N–C) groups is 1. The Morgan fingerprint density at radius 2 is 1.90 bits per heavy atom. The summed E-state index contributed by atoms with van der Waals surface area (Å²) in [6.07, 6.45) is 9.84. The molecule has 0 saturated heterocycles. The molecule has 21 heavy (non-hydrogen) atoms. The summed E-state index contributed by atoms with van der Waals surface area (Å²) in [4.78, 5) is 15.0. The molecular weight excluding hydrogens is 262 g/mol. The van der Waals surface area contributed by atoms with E-state index in [-0.39, 0.29) is 5.54 Å². The average molecular weight is 285 g/mol. The van der Waals surface area contributed by atoms with E-state index >= 15 is 0 Å².